The molecule has 3 N–H and O–H groups in total. The predicted molar refractivity (Wildman–Crippen MR) is 70.4 cm³/mol. The van der Waals surface area contributed by atoms with Crippen LogP contribution in [0.3, 0.4) is 0 Å². The van der Waals surface area contributed by atoms with Gasteiger partial charge < -0.3 is 15.4 Å². The second-order valence-electron chi connectivity index (χ2n) is 4.93. The van der Waals surface area contributed by atoms with Crippen LogP contribution in [0.4, 0.5) is 0 Å². The van der Waals surface area contributed by atoms with E-state index in [0.29, 0.717) is 23.3 Å². The molecule has 2 aromatic rings. The summed E-state index contributed by atoms with van der Waals surface area (Å²) in [6.45, 7) is 4.19. The van der Waals surface area contributed by atoms with Gasteiger partial charge in [0, 0.05) is 5.54 Å². The van der Waals surface area contributed by atoms with Crippen LogP contribution in [0.15, 0.2) is 29.1 Å². The van der Waals surface area contributed by atoms with Crippen LogP contribution < -0.4 is 10.9 Å². The summed E-state index contributed by atoms with van der Waals surface area (Å²) in [5.41, 5.74) is 0.142. The first-order chi connectivity index (χ1) is 8.52. The quantitative estimate of drug-likeness (QED) is 0.746. The molecule has 0 bridgehead atoms. The number of aliphatic hydroxyl groups excluding tert-OH is 1. The molecular formula is C13H17N3O2. The molecule has 96 valence electrons. The third-order valence-electron chi connectivity index (χ3n) is 2.79. The van der Waals surface area contributed by atoms with Gasteiger partial charge in [0.1, 0.15) is 5.82 Å². The largest absolute Gasteiger partial charge is 0.394 e. The van der Waals surface area contributed by atoms with E-state index in [4.69, 9.17) is 5.11 Å². The van der Waals surface area contributed by atoms with E-state index in [0.717, 1.165) is 0 Å². The van der Waals surface area contributed by atoms with Gasteiger partial charge in [0.2, 0.25) is 0 Å². The van der Waals surface area contributed by atoms with Gasteiger partial charge in [0.05, 0.1) is 24.1 Å². The van der Waals surface area contributed by atoms with Gasteiger partial charge in [-0.3, -0.25) is 4.79 Å². The average molecular weight is 247 g/mol. The Morgan fingerprint density at radius 1 is 1.39 bits per heavy atom. The van der Waals surface area contributed by atoms with E-state index in [1.807, 2.05) is 32.0 Å². The fourth-order valence-corrected chi connectivity index (χ4v) is 1.60. The molecule has 0 aliphatic rings. The Hall–Kier alpha value is -1.72. The lowest BCUT2D eigenvalue weighted by Crippen LogP contribution is -2.42. The van der Waals surface area contributed by atoms with E-state index < -0.39 is 5.54 Å². The molecule has 5 heteroatoms. The van der Waals surface area contributed by atoms with Gasteiger partial charge in [-0.25, -0.2) is 4.98 Å². The third kappa shape index (κ3) is 2.75. The summed E-state index contributed by atoms with van der Waals surface area (Å²) in [4.78, 5) is 18.9. The van der Waals surface area contributed by atoms with Crippen molar-refractivity contribution < 1.29 is 5.11 Å². The minimum Gasteiger partial charge on any atom is -0.394 e. The SMILES string of the molecule is CC(C)(CO)NCc1nc2ccccc2c(=O)[nH]1. The normalized spacial score (nSPS) is 11.9. The van der Waals surface area contributed by atoms with Gasteiger partial charge in [-0.15, -0.1) is 0 Å². The monoisotopic (exact) mass is 247 g/mol. The standard InChI is InChI=1S/C13H17N3O2/c1-13(2,8-17)14-7-11-15-10-6-4-3-5-9(10)12(18)16-11/h3-6,14,17H,7-8H2,1-2H3,(H,15,16,18). The van der Waals surface area contributed by atoms with Gasteiger partial charge >= 0.3 is 0 Å². The summed E-state index contributed by atoms with van der Waals surface area (Å²) in [5, 5.41) is 12.9. The smallest absolute Gasteiger partial charge is 0.258 e. The Balaban J connectivity index is 2.28. The van der Waals surface area contributed by atoms with Crippen LogP contribution in [0.2, 0.25) is 0 Å². The number of hydrogen-bond acceptors (Lipinski definition) is 4. The molecule has 1 aromatic heterocycles. The second kappa shape index (κ2) is 4.88. The first-order valence-electron chi connectivity index (χ1n) is 5.86. The number of aromatic amines is 1. The van der Waals surface area contributed by atoms with Crippen molar-refractivity contribution in [3.63, 3.8) is 0 Å². The lowest BCUT2D eigenvalue weighted by Gasteiger charge is -2.23. The van der Waals surface area contributed by atoms with Crippen molar-refractivity contribution >= 4 is 10.9 Å². The fraction of sp³-hybridized carbons (Fsp3) is 0.385. The van der Waals surface area contributed by atoms with Crippen LogP contribution in [0.5, 0.6) is 0 Å². The summed E-state index contributed by atoms with van der Waals surface area (Å²) in [7, 11) is 0. The molecule has 0 atom stereocenters. The first kappa shape index (κ1) is 12.7. The van der Waals surface area contributed by atoms with Crippen LogP contribution in [0, 0.1) is 0 Å². The molecule has 0 amide bonds. The van der Waals surface area contributed by atoms with Crippen molar-refractivity contribution in [2.45, 2.75) is 25.9 Å². The number of H-pyrrole nitrogens is 1. The third-order valence-corrected chi connectivity index (χ3v) is 2.79. The maximum Gasteiger partial charge on any atom is 0.258 e. The average Bonchev–Trinajstić information content (AvgIpc) is 2.37. The highest BCUT2D eigenvalue weighted by molar-refractivity contribution is 5.77. The Labute approximate surface area is 105 Å². The number of nitrogens with zero attached hydrogens (tertiary/aromatic N) is 1. The zero-order chi connectivity index (χ0) is 13.2. The van der Waals surface area contributed by atoms with Crippen molar-refractivity contribution in [2.75, 3.05) is 6.61 Å². The maximum absolute atomic E-state index is 11.8. The van der Waals surface area contributed by atoms with Crippen LogP contribution in [-0.4, -0.2) is 27.2 Å². The molecule has 0 saturated carbocycles. The highest BCUT2D eigenvalue weighted by Gasteiger charge is 2.15. The zero-order valence-electron chi connectivity index (χ0n) is 10.5. The molecule has 0 radical (unpaired) electrons. The van der Waals surface area contributed by atoms with Crippen molar-refractivity contribution in [1.29, 1.82) is 0 Å². The molecule has 0 saturated heterocycles. The summed E-state index contributed by atoms with van der Waals surface area (Å²) in [6, 6.07) is 7.22. The molecule has 0 aliphatic heterocycles. The summed E-state index contributed by atoms with van der Waals surface area (Å²) in [5.74, 6) is 0.570. The van der Waals surface area contributed by atoms with Gasteiger partial charge in [-0.05, 0) is 26.0 Å². The van der Waals surface area contributed by atoms with Crippen LogP contribution >= 0.6 is 0 Å². The van der Waals surface area contributed by atoms with E-state index in [1.54, 1.807) is 6.07 Å². The van der Waals surface area contributed by atoms with Crippen molar-refractivity contribution in [1.82, 2.24) is 15.3 Å². The van der Waals surface area contributed by atoms with Crippen molar-refractivity contribution in [3.05, 3.63) is 40.4 Å². The molecule has 1 aromatic carbocycles. The van der Waals surface area contributed by atoms with Crippen LogP contribution in [-0.2, 0) is 6.54 Å². The van der Waals surface area contributed by atoms with Gasteiger partial charge in [-0.1, -0.05) is 12.1 Å². The van der Waals surface area contributed by atoms with E-state index in [2.05, 4.69) is 15.3 Å². The highest BCUT2D eigenvalue weighted by atomic mass is 16.3. The number of benzene rings is 1. The summed E-state index contributed by atoms with van der Waals surface area (Å²) < 4.78 is 0. The summed E-state index contributed by atoms with van der Waals surface area (Å²) >= 11 is 0. The second-order valence-corrected chi connectivity index (χ2v) is 4.93. The van der Waals surface area contributed by atoms with E-state index >= 15 is 0 Å². The zero-order valence-corrected chi connectivity index (χ0v) is 10.5. The molecule has 0 fully saturated rings. The number of para-hydroxylation sites is 1. The molecule has 5 nitrogen and oxygen atoms in total. The Morgan fingerprint density at radius 2 is 2.11 bits per heavy atom. The minimum absolute atomic E-state index is 0.0187. The molecule has 18 heavy (non-hydrogen) atoms. The topological polar surface area (TPSA) is 78.0 Å². The molecule has 1 heterocycles. The fourth-order valence-electron chi connectivity index (χ4n) is 1.60. The Kier molecular flexibility index (Phi) is 3.45. The Bertz CT molecular complexity index is 604. The minimum atomic E-state index is -0.399. The number of rotatable bonds is 4. The summed E-state index contributed by atoms with van der Waals surface area (Å²) in [6.07, 6.45) is 0. The van der Waals surface area contributed by atoms with E-state index in [9.17, 15) is 4.79 Å². The predicted octanol–water partition coefficient (Wildman–Crippen LogP) is 0.784. The molecule has 2 rings (SSSR count). The van der Waals surface area contributed by atoms with Crippen LogP contribution in [0.25, 0.3) is 10.9 Å². The number of aliphatic hydroxyl groups is 1. The van der Waals surface area contributed by atoms with Crippen molar-refractivity contribution in [3.8, 4) is 0 Å². The molecular weight excluding hydrogens is 230 g/mol. The first-order valence-corrected chi connectivity index (χ1v) is 5.86. The van der Waals surface area contributed by atoms with E-state index in [1.165, 1.54) is 0 Å². The van der Waals surface area contributed by atoms with Gasteiger partial charge in [0.25, 0.3) is 5.56 Å². The number of nitrogens with one attached hydrogen (secondary N) is 2. The molecule has 0 spiro atoms. The van der Waals surface area contributed by atoms with Gasteiger partial charge in [-0.2, -0.15) is 0 Å². The van der Waals surface area contributed by atoms with Crippen LogP contribution in [0.1, 0.15) is 19.7 Å². The van der Waals surface area contributed by atoms with E-state index in [-0.39, 0.29) is 12.2 Å². The number of aromatic nitrogens is 2. The number of hydrogen-bond donors (Lipinski definition) is 3. The molecule has 0 aliphatic carbocycles. The molecule has 0 unspecified atom stereocenters. The maximum atomic E-state index is 11.8. The Morgan fingerprint density at radius 3 is 2.83 bits per heavy atom. The van der Waals surface area contributed by atoms with Gasteiger partial charge in [0.15, 0.2) is 0 Å². The number of fused-ring (bicyclic) bond motifs is 1. The van der Waals surface area contributed by atoms with Crippen molar-refractivity contribution in [2.24, 2.45) is 0 Å². The highest BCUT2D eigenvalue weighted by Crippen LogP contribution is 2.06. The lowest BCUT2D eigenvalue weighted by molar-refractivity contribution is 0.186. The lowest BCUT2D eigenvalue weighted by atomic mass is 10.1.